The minimum Gasteiger partial charge on any atom is -0.468 e. The van der Waals surface area contributed by atoms with Crippen molar-refractivity contribution in [1.29, 1.82) is 0 Å². The maximum absolute atomic E-state index is 12.5. The number of hydrogen-bond donors (Lipinski definition) is 1. The molecular weight excluding hydrogens is 392 g/mol. The van der Waals surface area contributed by atoms with Crippen molar-refractivity contribution in [2.24, 2.45) is 0 Å². The smallest absolute Gasteiger partial charge is 0.251 e. The summed E-state index contributed by atoms with van der Waals surface area (Å²) in [5, 5.41) is 3.73. The van der Waals surface area contributed by atoms with Gasteiger partial charge in [-0.3, -0.25) is 9.69 Å². The van der Waals surface area contributed by atoms with Crippen molar-refractivity contribution in [3.63, 3.8) is 0 Å². The summed E-state index contributed by atoms with van der Waals surface area (Å²) < 4.78 is 5.48. The summed E-state index contributed by atoms with van der Waals surface area (Å²) in [4.78, 5) is 15.7. The number of rotatable bonds is 8. The maximum atomic E-state index is 12.5. The van der Waals surface area contributed by atoms with E-state index >= 15 is 0 Å². The Morgan fingerprint density at radius 3 is 2.43 bits per heavy atom. The molecule has 0 unspecified atom stereocenters. The first-order chi connectivity index (χ1) is 13.5. The summed E-state index contributed by atoms with van der Waals surface area (Å²) >= 11 is 7.65. The molecular formula is C22H23ClN2O2S. The lowest BCUT2D eigenvalue weighted by Crippen LogP contribution is -2.34. The van der Waals surface area contributed by atoms with Crippen molar-refractivity contribution in [2.75, 3.05) is 20.6 Å². The van der Waals surface area contributed by atoms with Crippen LogP contribution in [-0.4, -0.2) is 31.4 Å². The molecule has 0 saturated heterocycles. The molecule has 3 aromatic rings. The maximum Gasteiger partial charge on any atom is 0.251 e. The van der Waals surface area contributed by atoms with Crippen LogP contribution in [-0.2, 0) is 5.75 Å². The molecule has 6 heteroatoms. The molecule has 1 amide bonds. The molecule has 0 aliphatic heterocycles. The number of hydrogen-bond acceptors (Lipinski definition) is 4. The van der Waals surface area contributed by atoms with E-state index in [0.29, 0.717) is 12.1 Å². The molecule has 1 atom stereocenters. The molecule has 4 nitrogen and oxygen atoms in total. The highest BCUT2D eigenvalue weighted by atomic mass is 35.5. The van der Waals surface area contributed by atoms with Gasteiger partial charge in [-0.2, -0.15) is 0 Å². The molecule has 1 N–H and O–H groups in total. The van der Waals surface area contributed by atoms with Crippen molar-refractivity contribution in [1.82, 2.24) is 10.2 Å². The van der Waals surface area contributed by atoms with Crippen LogP contribution in [0, 0.1) is 0 Å². The minimum absolute atomic E-state index is 0.00556. The monoisotopic (exact) mass is 414 g/mol. The van der Waals surface area contributed by atoms with Gasteiger partial charge in [0.05, 0.1) is 12.3 Å². The number of benzene rings is 2. The second kappa shape index (κ2) is 9.82. The van der Waals surface area contributed by atoms with Crippen LogP contribution in [0.1, 0.15) is 27.7 Å². The van der Waals surface area contributed by atoms with E-state index in [1.807, 2.05) is 79.7 Å². The van der Waals surface area contributed by atoms with E-state index in [-0.39, 0.29) is 11.9 Å². The Bertz CT molecular complexity index is 878. The van der Waals surface area contributed by atoms with Crippen LogP contribution in [0.5, 0.6) is 0 Å². The van der Waals surface area contributed by atoms with Crippen LogP contribution >= 0.6 is 23.4 Å². The van der Waals surface area contributed by atoms with Gasteiger partial charge in [-0.1, -0.05) is 23.7 Å². The quantitative estimate of drug-likeness (QED) is 0.511. The highest BCUT2D eigenvalue weighted by molar-refractivity contribution is 7.98. The number of carbonyl (C=O) groups excluding carboxylic acids is 1. The van der Waals surface area contributed by atoms with E-state index in [9.17, 15) is 4.79 Å². The highest BCUT2D eigenvalue weighted by Crippen LogP contribution is 2.24. The van der Waals surface area contributed by atoms with Gasteiger partial charge in [-0.25, -0.2) is 0 Å². The van der Waals surface area contributed by atoms with E-state index in [1.54, 1.807) is 18.0 Å². The first-order valence-corrected chi connectivity index (χ1v) is 10.3. The Kier molecular flexibility index (Phi) is 7.20. The highest BCUT2D eigenvalue weighted by Gasteiger charge is 2.18. The van der Waals surface area contributed by atoms with Gasteiger partial charge in [0.15, 0.2) is 0 Å². The molecule has 0 bridgehead atoms. The van der Waals surface area contributed by atoms with Crippen molar-refractivity contribution in [3.8, 4) is 0 Å². The summed E-state index contributed by atoms with van der Waals surface area (Å²) in [6.07, 6.45) is 1.65. The average Bonchev–Trinajstić information content (AvgIpc) is 3.22. The molecule has 0 spiro atoms. The van der Waals surface area contributed by atoms with Crippen LogP contribution in [0.2, 0.25) is 5.02 Å². The summed E-state index contributed by atoms with van der Waals surface area (Å²) in [6, 6.07) is 19.3. The van der Waals surface area contributed by atoms with Crippen molar-refractivity contribution in [2.45, 2.75) is 16.7 Å². The van der Waals surface area contributed by atoms with Gasteiger partial charge in [0.25, 0.3) is 5.91 Å². The summed E-state index contributed by atoms with van der Waals surface area (Å²) in [7, 11) is 3.93. The fourth-order valence-corrected chi connectivity index (χ4v) is 3.74. The third-order valence-corrected chi connectivity index (χ3v) is 5.72. The normalized spacial score (nSPS) is 12.1. The van der Waals surface area contributed by atoms with Crippen molar-refractivity contribution >= 4 is 29.3 Å². The van der Waals surface area contributed by atoms with Gasteiger partial charge in [-0.05, 0) is 68.2 Å². The zero-order chi connectivity index (χ0) is 19.9. The molecule has 0 aliphatic carbocycles. The summed E-state index contributed by atoms with van der Waals surface area (Å²) in [5.74, 6) is 1.58. The molecule has 1 aromatic heterocycles. The number of nitrogens with one attached hydrogen (secondary N) is 1. The average molecular weight is 415 g/mol. The van der Waals surface area contributed by atoms with E-state index in [0.717, 1.165) is 16.5 Å². The lowest BCUT2D eigenvalue weighted by atomic mass is 10.1. The second-order valence-electron chi connectivity index (χ2n) is 6.64. The SMILES string of the molecule is CN(C)[C@H](CNC(=O)c1ccc(CSc2ccc(Cl)cc2)cc1)c1ccco1. The molecule has 1 heterocycles. The standard InChI is InChI=1S/C22H23ClN2O2S/c1-25(2)20(21-4-3-13-27-21)14-24-22(26)17-7-5-16(6-8-17)15-28-19-11-9-18(23)10-12-19/h3-13,20H,14-15H2,1-2H3,(H,24,26)/t20-/m1/s1. The third kappa shape index (κ3) is 5.64. The zero-order valence-electron chi connectivity index (χ0n) is 15.9. The molecule has 28 heavy (non-hydrogen) atoms. The van der Waals surface area contributed by atoms with E-state index in [1.165, 1.54) is 10.5 Å². The number of amides is 1. The molecule has 3 rings (SSSR count). The summed E-state index contributed by atoms with van der Waals surface area (Å²) in [5.41, 5.74) is 1.82. The van der Waals surface area contributed by atoms with Crippen LogP contribution in [0.25, 0.3) is 0 Å². The Morgan fingerprint density at radius 1 is 1.11 bits per heavy atom. The van der Waals surface area contributed by atoms with E-state index < -0.39 is 0 Å². The molecule has 0 radical (unpaired) electrons. The number of nitrogens with zero attached hydrogens (tertiary/aromatic N) is 1. The largest absolute Gasteiger partial charge is 0.468 e. The van der Waals surface area contributed by atoms with Gasteiger partial charge in [0.1, 0.15) is 5.76 Å². The molecule has 2 aromatic carbocycles. The predicted molar refractivity (Wildman–Crippen MR) is 115 cm³/mol. The Hall–Kier alpha value is -2.21. The fourth-order valence-electron chi connectivity index (χ4n) is 2.76. The number of thioether (sulfide) groups is 1. The van der Waals surface area contributed by atoms with Crippen LogP contribution in [0.4, 0.5) is 0 Å². The van der Waals surface area contributed by atoms with Crippen LogP contribution in [0.3, 0.4) is 0 Å². The molecule has 0 fully saturated rings. The van der Waals surface area contributed by atoms with Crippen molar-refractivity contribution < 1.29 is 9.21 Å². The van der Waals surface area contributed by atoms with E-state index in [4.69, 9.17) is 16.0 Å². The minimum atomic E-state index is -0.0877. The lowest BCUT2D eigenvalue weighted by Gasteiger charge is -2.22. The van der Waals surface area contributed by atoms with Crippen LogP contribution in [0.15, 0.2) is 76.2 Å². The van der Waals surface area contributed by atoms with Crippen LogP contribution < -0.4 is 5.32 Å². The summed E-state index contributed by atoms with van der Waals surface area (Å²) in [6.45, 7) is 0.480. The van der Waals surface area contributed by atoms with Gasteiger partial charge in [0, 0.05) is 27.8 Å². The second-order valence-corrected chi connectivity index (χ2v) is 8.13. The zero-order valence-corrected chi connectivity index (χ0v) is 17.5. The number of halogens is 1. The molecule has 146 valence electrons. The topological polar surface area (TPSA) is 45.5 Å². The third-order valence-electron chi connectivity index (χ3n) is 4.39. The lowest BCUT2D eigenvalue weighted by molar-refractivity contribution is 0.0939. The molecule has 0 saturated carbocycles. The van der Waals surface area contributed by atoms with E-state index in [2.05, 4.69) is 5.32 Å². The van der Waals surface area contributed by atoms with Crippen molar-refractivity contribution in [3.05, 3.63) is 88.8 Å². The predicted octanol–water partition coefficient (Wildman–Crippen LogP) is 5.26. The first kappa shape index (κ1) is 20.5. The Labute approximate surface area is 174 Å². The Morgan fingerprint density at radius 2 is 1.82 bits per heavy atom. The van der Waals surface area contributed by atoms with Gasteiger partial charge >= 0.3 is 0 Å². The fraction of sp³-hybridized carbons (Fsp3) is 0.227. The first-order valence-electron chi connectivity index (χ1n) is 8.98. The van der Waals surface area contributed by atoms with Gasteiger partial charge in [-0.15, -0.1) is 11.8 Å². The number of carbonyl (C=O) groups is 1. The van der Waals surface area contributed by atoms with Gasteiger partial charge in [0.2, 0.25) is 0 Å². The number of furan rings is 1. The number of likely N-dealkylation sites (N-methyl/N-ethyl adjacent to an activating group) is 1. The van der Waals surface area contributed by atoms with Gasteiger partial charge < -0.3 is 9.73 Å². The molecule has 0 aliphatic rings. The Balaban J connectivity index is 1.53.